The summed E-state index contributed by atoms with van der Waals surface area (Å²) in [5, 5.41) is 18.8. The van der Waals surface area contributed by atoms with Gasteiger partial charge in [0.1, 0.15) is 0 Å². The molecule has 0 unspecified atom stereocenters. The summed E-state index contributed by atoms with van der Waals surface area (Å²) in [7, 11) is 0. The van der Waals surface area contributed by atoms with E-state index in [9.17, 15) is 10.2 Å². The first kappa shape index (κ1) is 25.8. The topological polar surface area (TPSA) is 49.7 Å². The molecule has 0 aliphatic rings. The van der Waals surface area contributed by atoms with Crippen LogP contribution in [0.15, 0.2) is 18.2 Å². The van der Waals surface area contributed by atoms with Crippen LogP contribution in [-0.4, -0.2) is 23.4 Å². The molecule has 3 nitrogen and oxygen atoms in total. The van der Waals surface area contributed by atoms with Crippen molar-refractivity contribution in [2.24, 2.45) is 0 Å². The lowest BCUT2D eigenvalue weighted by molar-refractivity contribution is 0.132. The third-order valence-corrected chi connectivity index (χ3v) is 5.72. The van der Waals surface area contributed by atoms with Crippen molar-refractivity contribution >= 4 is 0 Å². The molecule has 0 saturated heterocycles. The molecule has 1 aromatic carbocycles. The Morgan fingerprint density at radius 2 is 1.07 bits per heavy atom. The fourth-order valence-electron chi connectivity index (χ4n) is 3.77. The second kappa shape index (κ2) is 18.8. The highest BCUT2D eigenvalue weighted by Gasteiger charge is 2.01. The summed E-state index contributed by atoms with van der Waals surface area (Å²) in [6.07, 6.45) is 22.9. The average molecular weight is 407 g/mol. The van der Waals surface area contributed by atoms with E-state index in [0.29, 0.717) is 6.61 Å². The maximum absolute atomic E-state index is 9.47. The Morgan fingerprint density at radius 3 is 1.55 bits per heavy atom. The van der Waals surface area contributed by atoms with Crippen molar-refractivity contribution in [1.29, 1.82) is 0 Å². The van der Waals surface area contributed by atoms with Crippen LogP contribution in [0.1, 0.15) is 115 Å². The first-order valence-electron chi connectivity index (χ1n) is 12.3. The van der Waals surface area contributed by atoms with Crippen molar-refractivity contribution in [2.45, 2.75) is 116 Å². The molecule has 0 amide bonds. The molecule has 0 fully saturated rings. The number of hydrogen-bond acceptors (Lipinski definition) is 3. The Labute approximate surface area is 179 Å². The minimum Gasteiger partial charge on any atom is -0.504 e. The van der Waals surface area contributed by atoms with Crippen LogP contribution in [0.5, 0.6) is 11.5 Å². The van der Waals surface area contributed by atoms with Crippen molar-refractivity contribution in [3.63, 3.8) is 0 Å². The summed E-state index contributed by atoms with van der Waals surface area (Å²) in [6, 6.07) is 4.96. The minimum absolute atomic E-state index is 0.0553. The number of unbranched alkanes of at least 4 members (excludes halogenated alkanes) is 15. The molecule has 2 N–H and O–H groups in total. The number of rotatable bonds is 20. The Kier molecular flexibility index (Phi) is 16.7. The van der Waals surface area contributed by atoms with Crippen molar-refractivity contribution in [3.8, 4) is 11.5 Å². The summed E-state index contributed by atoms with van der Waals surface area (Å²) >= 11 is 0. The molecule has 1 aromatic rings. The predicted octanol–water partition coefficient (Wildman–Crippen LogP) is 7.92. The van der Waals surface area contributed by atoms with Gasteiger partial charge in [0.2, 0.25) is 0 Å². The number of aromatic hydroxyl groups is 2. The molecule has 0 saturated carbocycles. The largest absolute Gasteiger partial charge is 0.504 e. The minimum atomic E-state index is -0.0668. The average Bonchev–Trinajstić information content (AvgIpc) is 2.72. The Hall–Kier alpha value is -1.22. The SMILES string of the molecule is CCCCCCCCCCCCCCCCCCOCCc1ccc(O)c(O)c1. The van der Waals surface area contributed by atoms with Crippen molar-refractivity contribution < 1.29 is 14.9 Å². The lowest BCUT2D eigenvalue weighted by atomic mass is 10.0. The van der Waals surface area contributed by atoms with Crippen LogP contribution < -0.4 is 0 Å². The number of ether oxygens (including phenoxy) is 1. The van der Waals surface area contributed by atoms with Gasteiger partial charge >= 0.3 is 0 Å². The number of hydrogen-bond donors (Lipinski definition) is 2. The van der Waals surface area contributed by atoms with Crippen LogP contribution >= 0.6 is 0 Å². The van der Waals surface area contributed by atoms with Gasteiger partial charge in [0.25, 0.3) is 0 Å². The van der Waals surface area contributed by atoms with Gasteiger partial charge in [-0.2, -0.15) is 0 Å². The highest BCUT2D eigenvalue weighted by Crippen LogP contribution is 2.25. The normalized spacial score (nSPS) is 11.2. The van der Waals surface area contributed by atoms with E-state index in [4.69, 9.17) is 4.74 Å². The lowest BCUT2D eigenvalue weighted by Crippen LogP contribution is -2.00. The van der Waals surface area contributed by atoms with Crippen LogP contribution in [0.25, 0.3) is 0 Å². The zero-order chi connectivity index (χ0) is 21.0. The van der Waals surface area contributed by atoms with Crippen LogP contribution in [-0.2, 0) is 11.2 Å². The van der Waals surface area contributed by atoms with E-state index >= 15 is 0 Å². The van der Waals surface area contributed by atoms with Gasteiger partial charge in [-0.3, -0.25) is 0 Å². The highest BCUT2D eigenvalue weighted by atomic mass is 16.5. The van der Waals surface area contributed by atoms with Gasteiger partial charge in [0.15, 0.2) is 11.5 Å². The molecular formula is C26H46O3. The quantitative estimate of drug-likeness (QED) is 0.171. The van der Waals surface area contributed by atoms with Gasteiger partial charge in [-0.1, -0.05) is 109 Å². The van der Waals surface area contributed by atoms with Gasteiger partial charge in [0, 0.05) is 6.61 Å². The molecule has 0 spiro atoms. The van der Waals surface area contributed by atoms with Gasteiger partial charge in [-0.25, -0.2) is 0 Å². The second-order valence-electron chi connectivity index (χ2n) is 8.49. The summed E-state index contributed by atoms with van der Waals surface area (Å²) in [5.74, 6) is -0.122. The number of phenolic OH excluding ortho intramolecular Hbond substituents is 2. The highest BCUT2D eigenvalue weighted by molar-refractivity contribution is 5.40. The van der Waals surface area contributed by atoms with Crippen LogP contribution in [0.4, 0.5) is 0 Å². The van der Waals surface area contributed by atoms with Gasteiger partial charge in [0.05, 0.1) is 6.61 Å². The van der Waals surface area contributed by atoms with Crippen molar-refractivity contribution in [3.05, 3.63) is 23.8 Å². The smallest absolute Gasteiger partial charge is 0.157 e. The van der Waals surface area contributed by atoms with E-state index in [1.54, 1.807) is 6.07 Å². The summed E-state index contributed by atoms with van der Waals surface area (Å²) in [4.78, 5) is 0. The van der Waals surface area contributed by atoms with Gasteiger partial charge < -0.3 is 14.9 Å². The number of phenols is 2. The molecule has 3 heteroatoms. The van der Waals surface area contributed by atoms with Crippen molar-refractivity contribution in [2.75, 3.05) is 13.2 Å². The molecule has 29 heavy (non-hydrogen) atoms. The Morgan fingerprint density at radius 1 is 0.586 bits per heavy atom. The van der Waals surface area contributed by atoms with Gasteiger partial charge in [-0.15, -0.1) is 0 Å². The fourth-order valence-corrected chi connectivity index (χ4v) is 3.77. The molecule has 0 aliphatic carbocycles. The van der Waals surface area contributed by atoms with E-state index in [2.05, 4.69) is 6.92 Å². The van der Waals surface area contributed by atoms with Crippen molar-refractivity contribution in [1.82, 2.24) is 0 Å². The molecule has 0 aromatic heterocycles. The molecule has 1 rings (SSSR count). The second-order valence-corrected chi connectivity index (χ2v) is 8.49. The van der Waals surface area contributed by atoms with E-state index in [0.717, 1.165) is 25.0 Å². The lowest BCUT2D eigenvalue weighted by Gasteiger charge is -2.06. The van der Waals surface area contributed by atoms with Gasteiger partial charge in [-0.05, 0) is 30.5 Å². The summed E-state index contributed by atoms with van der Waals surface area (Å²) in [5.41, 5.74) is 0.993. The summed E-state index contributed by atoms with van der Waals surface area (Å²) in [6.45, 7) is 3.77. The molecule has 168 valence electrons. The third kappa shape index (κ3) is 15.3. The van der Waals surface area contributed by atoms with Crippen LogP contribution in [0, 0.1) is 0 Å². The maximum Gasteiger partial charge on any atom is 0.157 e. The Balaban J connectivity index is 1.74. The zero-order valence-electron chi connectivity index (χ0n) is 19.0. The molecule has 0 atom stereocenters. The molecule has 0 bridgehead atoms. The maximum atomic E-state index is 9.47. The van der Waals surface area contributed by atoms with E-state index in [-0.39, 0.29) is 11.5 Å². The molecular weight excluding hydrogens is 360 g/mol. The van der Waals surface area contributed by atoms with E-state index in [1.165, 1.54) is 102 Å². The molecule has 0 aliphatic heterocycles. The predicted molar refractivity (Wildman–Crippen MR) is 124 cm³/mol. The fraction of sp³-hybridized carbons (Fsp3) is 0.769. The van der Waals surface area contributed by atoms with Crippen LogP contribution in [0.2, 0.25) is 0 Å². The standard InChI is InChI=1S/C26H46O3/c1-2-3-4-5-6-7-8-9-10-11-12-13-14-15-16-17-21-29-22-20-24-18-19-25(27)26(28)23-24/h18-19,23,27-28H,2-17,20-22H2,1H3. The molecule has 0 heterocycles. The van der Waals surface area contributed by atoms with E-state index < -0.39 is 0 Å². The van der Waals surface area contributed by atoms with E-state index in [1.807, 2.05) is 6.07 Å². The summed E-state index contributed by atoms with van der Waals surface area (Å²) < 4.78 is 5.68. The molecule has 0 radical (unpaired) electrons. The first-order valence-corrected chi connectivity index (χ1v) is 12.3. The Bertz CT molecular complexity index is 487. The number of benzene rings is 1. The monoisotopic (exact) mass is 406 g/mol. The van der Waals surface area contributed by atoms with Crippen LogP contribution in [0.3, 0.4) is 0 Å². The third-order valence-electron chi connectivity index (χ3n) is 5.72. The zero-order valence-corrected chi connectivity index (χ0v) is 19.0. The first-order chi connectivity index (χ1) is 14.2.